The Bertz CT molecular complexity index is 557. The molecule has 0 spiro atoms. The van der Waals surface area contributed by atoms with Crippen molar-refractivity contribution in [2.24, 2.45) is 5.73 Å². The van der Waals surface area contributed by atoms with Gasteiger partial charge in [0.15, 0.2) is 0 Å². The molecule has 1 heterocycles. The number of benzene rings is 1. The molecule has 7 heteroatoms. The van der Waals surface area contributed by atoms with Gasteiger partial charge in [0.05, 0.1) is 17.8 Å². The number of hydrogen-bond acceptors (Lipinski definition) is 5. The summed E-state index contributed by atoms with van der Waals surface area (Å²) in [6, 6.07) is 6.39. The molecular weight excluding hydrogens is 309 g/mol. The largest absolute Gasteiger partial charge is 0.494 e. The molecule has 1 aliphatic rings. The Morgan fingerprint density at radius 3 is 2.25 bits per heavy atom. The molecule has 1 aliphatic heterocycles. The standard InChI is InChI=1S/C17H26BNO5/c1-16(2)17(3,4)24-18(23-16)9-10-22-13-7-5-12(6-8-13)11-14(19)15(20)21/h5-8,14H,9-11,19H2,1-4H3,(H,20,21)/t14-/m0/s1. The third-order valence-electron chi connectivity index (χ3n) is 4.62. The number of ether oxygens (including phenoxy) is 1. The maximum atomic E-state index is 10.8. The van der Waals surface area contributed by atoms with E-state index in [2.05, 4.69) is 0 Å². The SMILES string of the molecule is CC1(C)OB(CCOc2ccc(C[C@H](N)C(=O)O)cc2)OC1(C)C. The van der Waals surface area contributed by atoms with Crippen molar-refractivity contribution in [2.45, 2.75) is 57.7 Å². The molecule has 6 nitrogen and oxygen atoms in total. The lowest BCUT2D eigenvalue weighted by molar-refractivity contribution is -0.138. The highest BCUT2D eigenvalue weighted by molar-refractivity contribution is 6.45. The number of nitrogens with two attached hydrogens (primary N) is 1. The molecule has 0 aromatic heterocycles. The van der Waals surface area contributed by atoms with Crippen LogP contribution in [0.25, 0.3) is 0 Å². The van der Waals surface area contributed by atoms with E-state index in [4.69, 9.17) is 24.9 Å². The van der Waals surface area contributed by atoms with Crippen molar-refractivity contribution in [1.29, 1.82) is 0 Å². The van der Waals surface area contributed by atoms with E-state index < -0.39 is 12.0 Å². The minimum absolute atomic E-state index is 0.275. The second-order valence-electron chi connectivity index (χ2n) is 7.12. The third-order valence-corrected chi connectivity index (χ3v) is 4.62. The predicted octanol–water partition coefficient (Wildman–Crippen LogP) is 2.11. The third kappa shape index (κ3) is 4.50. The molecule has 132 valence electrons. The average molecular weight is 335 g/mol. The molecule has 1 fully saturated rings. The van der Waals surface area contributed by atoms with Crippen LogP contribution in [0.1, 0.15) is 33.3 Å². The smallest absolute Gasteiger partial charge is 0.461 e. The topological polar surface area (TPSA) is 91.0 Å². The molecule has 0 bridgehead atoms. The Labute approximate surface area is 143 Å². The van der Waals surface area contributed by atoms with Crippen LogP contribution in [-0.2, 0) is 20.5 Å². The van der Waals surface area contributed by atoms with Crippen molar-refractivity contribution in [3.8, 4) is 5.75 Å². The molecule has 1 atom stereocenters. The predicted molar refractivity (Wildman–Crippen MR) is 92.1 cm³/mol. The fourth-order valence-corrected chi connectivity index (χ4v) is 2.42. The fraction of sp³-hybridized carbons (Fsp3) is 0.588. The van der Waals surface area contributed by atoms with E-state index in [1.807, 2.05) is 52.0 Å². The van der Waals surface area contributed by atoms with Gasteiger partial charge in [-0.25, -0.2) is 0 Å². The van der Waals surface area contributed by atoms with Crippen LogP contribution >= 0.6 is 0 Å². The van der Waals surface area contributed by atoms with Gasteiger partial charge in [0.1, 0.15) is 11.8 Å². The highest BCUT2D eigenvalue weighted by Crippen LogP contribution is 2.37. The van der Waals surface area contributed by atoms with Crippen molar-refractivity contribution in [3.63, 3.8) is 0 Å². The van der Waals surface area contributed by atoms with Gasteiger partial charge in [-0.1, -0.05) is 12.1 Å². The van der Waals surface area contributed by atoms with E-state index in [9.17, 15) is 4.79 Å². The van der Waals surface area contributed by atoms with Crippen molar-refractivity contribution < 1.29 is 23.9 Å². The summed E-state index contributed by atoms with van der Waals surface area (Å²) in [5.41, 5.74) is 5.72. The van der Waals surface area contributed by atoms with Gasteiger partial charge in [0.2, 0.25) is 0 Å². The van der Waals surface area contributed by atoms with Crippen molar-refractivity contribution >= 4 is 13.1 Å². The molecule has 2 rings (SSSR count). The van der Waals surface area contributed by atoms with Gasteiger partial charge < -0.3 is 24.9 Å². The monoisotopic (exact) mass is 335 g/mol. The number of hydrogen-bond donors (Lipinski definition) is 2. The Kier molecular flexibility index (Phi) is 5.57. The van der Waals surface area contributed by atoms with Gasteiger partial charge in [-0.3, -0.25) is 4.79 Å². The lowest BCUT2D eigenvalue weighted by Gasteiger charge is -2.32. The zero-order chi connectivity index (χ0) is 18.0. The molecule has 0 amide bonds. The van der Waals surface area contributed by atoms with Crippen molar-refractivity contribution in [3.05, 3.63) is 29.8 Å². The van der Waals surface area contributed by atoms with Gasteiger partial charge in [-0.2, -0.15) is 0 Å². The summed E-state index contributed by atoms with van der Waals surface area (Å²) < 4.78 is 17.5. The Morgan fingerprint density at radius 1 is 1.21 bits per heavy atom. The highest BCUT2D eigenvalue weighted by Gasteiger charge is 2.50. The van der Waals surface area contributed by atoms with E-state index >= 15 is 0 Å². The highest BCUT2D eigenvalue weighted by atomic mass is 16.7. The first kappa shape index (κ1) is 18.8. The van der Waals surface area contributed by atoms with Gasteiger partial charge in [-0.15, -0.1) is 0 Å². The van der Waals surface area contributed by atoms with Crippen LogP contribution in [-0.4, -0.2) is 42.0 Å². The number of carboxylic acid groups (broad SMARTS) is 1. The second kappa shape index (κ2) is 7.13. The molecule has 1 saturated heterocycles. The molecule has 1 aromatic carbocycles. The van der Waals surface area contributed by atoms with Gasteiger partial charge >= 0.3 is 13.1 Å². The van der Waals surface area contributed by atoms with E-state index in [1.54, 1.807) is 0 Å². The maximum absolute atomic E-state index is 10.8. The normalized spacial score (nSPS) is 20.0. The zero-order valence-corrected chi connectivity index (χ0v) is 14.7. The van der Waals surface area contributed by atoms with E-state index in [-0.39, 0.29) is 18.3 Å². The van der Waals surface area contributed by atoms with E-state index in [0.29, 0.717) is 19.3 Å². The quantitative estimate of drug-likeness (QED) is 0.742. The Hall–Kier alpha value is -1.57. The first-order chi connectivity index (χ1) is 11.1. The van der Waals surface area contributed by atoms with Crippen LogP contribution in [0.5, 0.6) is 5.75 Å². The summed E-state index contributed by atoms with van der Waals surface area (Å²) in [5.74, 6) is -0.281. The molecule has 3 N–H and O–H groups in total. The number of rotatable bonds is 7. The average Bonchev–Trinajstić information content (AvgIpc) is 2.68. The van der Waals surface area contributed by atoms with Crippen LogP contribution in [0.4, 0.5) is 0 Å². The molecule has 0 aliphatic carbocycles. The Morgan fingerprint density at radius 2 is 1.75 bits per heavy atom. The number of carbonyl (C=O) groups is 1. The summed E-state index contributed by atoms with van der Waals surface area (Å²) >= 11 is 0. The van der Waals surface area contributed by atoms with Gasteiger partial charge in [-0.05, 0) is 51.8 Å². The van der Waals surface area contributed by atoms with Crippen LogP contribution in [0, 0.1) is 0 Å². The van der Waals surface area contributed by atoms with Crippen molar-refractivity contribution in [1.82, 2.24) is 0 Å². The van der Waals surface area contributed by atoms with Crippen molar-refractivity contribution in [2.75, 3.05) is 6.61 Å². The van der Waals surface area contributed by atoms with Crippen LogP contribution < -0.4 is 10.5 Å². The minimum Gasteiger partial charge on any atom is -0.494 e. The first-order valence-electron chi connectivity index (χ1n) is 8.16. The van der Waals surface area contributed by atoms with Crippen LogP contribution in [0.3, 0.4) is 0 Å². The molecule has 0 saturated carbocycles. The lowest BCUT2D eigenvalue weighted by atomic mass is 9.86. The van der Waals surface area contributed by atoms with Gasteiger partial charge in [0, 0.05) is 6.32 Å². The molecular formula is C17H26BNO5. The molecule has 0 unspecified atom stereocenters. The summed E-state index contributed by atoms with van der Waals surface area (Å²) in [4.78, 5) is 10.8. The lowest BCUT2D eigenvalue weighted by Crippen LogP contribution is -2.41. The van der Waals surface area contributed by atoms with E-state index in [0.717, 1.165) is 11.3 Å². The summed E-state index contributed by atoms with van der Waals surface area (Å²) in [6.45, 7) is 8.57. The number of aliphatic carboxylic acids is 1. The fourth-order valence-electron chi connectivity index (χ4n) is 2.42. The second-order valence-corrected chi connectivity index (χ2v) is 7.12. The van der Waals surface area contributed by atoms with Crippen LogP contribution in [0.2, 0.25) is 6.32 Å². The van der Waals surface area contributed by atoms with Crippen LogP contribution in [0.15, 0.2) is 24.3 Å². The summed E-state index contributed by atoms with van der Waals surface area (Å²) in [7, 11) is -0.275. The Balaban J connectivity index is 1.78. The van der Waals surface area contributed by atoms with E-state index in [1.165, 1.54) is 0 Å². The summed E-state index contributed by atoms with van der Waals surface area (Å²) in [6.07, 6.45) is 0.933. The zero-order valence-electron chi connectivity index (χ0n) is 14.7. The summed E-state index contributed by atoms with van der Waals surface area (Å²) in [5, 5.41) is 8.82. The molecule has 0 radical (unpaired) electrons. The van der Waals surface area contributed by atoms with Gasteiger partial charge in [0.25, 0.3) is 0 Å². The molecule has 24 heavy (non-hydrogen) atoms. The first-order valence-corrected chi connectivity index (χ1v) is 8.16. The minimum atomic E-state index is -1.00. The molecule has 1 aromatic rings. The maximum Gasteiger partial charge on any atom is 0.461 e. The number of carboxylic acids is 1.